The summed E-state index contributed by atoms with van der Waals surface area (Å²) < 4.78 is 5.75. The smallest absolute Gasteiger partial charge is 0.306 e. The van der Waals surface area contributed by atoms with Crippen molar-refractivity contribution in [2.24, 2.45) is 0 Å². The molecule has 29 heavy (non-hydrogen) atoms. The Kier molecular flexibility index (Phi) is 6.46. The number of ketones is 1. The molecule has 1 saturated heterocycles. The zero-order valence-electron chi connectivity index (χ0n) is 15.5. The number of amides is 1. The van der Waals surface area contributed by atoms with Gasteiger partial charge in [0.15, 0.2) is 10.1 Å². The molecule has 0 spiro atoms. The number of anilines is 1. The minimum atomic E-state index is -0.919. The van der Waals surface area contributed by atoms with E-state index in [1.165, 1.54) is 23.6 Å². The van der Waals surface area contributed by atoms with Gasteiger partial charge in [-0.05, 0) is 42.8 Å². The van der Waals surface area contributed by atoms with Gasteiger partial charge in [-0.25, -0.2) is 0 Å². The molecule has 1 heterocycles. The Bertz CT molecular complexity index is 1010. The van der Waals surface area contributed by atoms with Gasteiger partial charge in [0.1, 0.15) is 5.75 Å². The SMILES string of the molecule is CC(=O)c1cccc(N2C(=O)/C(=C\c3ccc(OCCC(=O)O)cc3)SC2=S)c1. The van der Waals surface area contributed by atoms with Crippen LogP contribution in [0, 0.1) is 0 Å². The van der Waals surface area contributed by atoms with E-state index in [1.54, 1.807) is 54.6 Å². The van der Waals surface area contributed by atoms with Crippen LogP contribution in [0.3, 0.4) is 0 Å². The molecule has 0 aromatic heterocycles. The van der Waals surface area contributed by atoms with Crippen molar-refractivity contribution < 1.29 is 24.2 Å². The van der Waals surface area contributed by atoms with Gasteiger partial charge in [-0.1, -0.05) is 48.2 Å². The fourth-order valence-corrected chi connectivity index (χ4v) is 3.92. The van der Waals surface area contributed by atoms with Gasteiger partial charge < -0.3 is 9.84 Å². The largest absolute Gasteiger partial charge is 0.493 e. The topological polar surface area (TPSA) is 83.9 Å². The summed E-state index contributed by atoms with van der Waals surface area (Å²) in [5, 5.41) is 8.63. The van der Waals surface area contributed by atoms with Gasteiger partial charge in [0.25, 0.3) is 5.91 Å². The summed E-state index contributed by atoms with van der Waals surface area (Å²) in [5.41, 5.74) is 1.86. The molecule has 8 heteroatoms. The van der Waals surface area contributed by atoms with Crippen molar-refractivity contribution in [1.29, 1.82) is 0 Å². The highest BCUT2D eigenvalue weighted by molar-refractivity contribution is 8.27. The number of hydrogen-bond donors (Lipinski definition) is 1. The van der Waals surface area contributed by atoms with E-state index in [4.69, 9.17) is 22.1 Å². The number of thiocarbonyl (C=S) groups is 1. The van der Waals surface area contributed by atoms with E-state index < -0.39 is 5.97 Å². The zero-order valence-corrected chi connectivity index (χ0v) is 17.1. The summed E-state index contributed by atoms with van der Waals surface area (Å²) >= 11 is 6.56. The maximum Gasteiger partial charge on any atom is 0.306 e. The van der Waals surface area contributed by atoms with E-state index in [0.717, 1.165) is 5.56 Å². The molecule has 0 radical (unpaired) electrons. The third-order valence-corrected chi connectivity index (χ3v) is 5.37. The number of carboxylic acid groups (broad SMARTS) is 1. The van der Waals surface area contributed by atoms with Gasteiger partial charge in [-0.15, -0.1) is 0 Å². The second-order valence-electron chi connectivity index (χ2n) is 6.18. The van der Waals surface area contributed by atoms with E-state index in [1.807, 2.05) is 0 Å². The Hall–Kier alpha value is -2.97. The molecule has 2 aromatic rings. The average Bonchev–Trinajstić information content (AvgIpc) is 2.96. The van der Waals surface area contributed by atoms with Gasteiger partial charge >= 0.3 is 5.97 Å². The molecule has 1 N–H and O–H groups in total. The standard InChI is InChI=1S/C21H17NO5S2/c1-13(23)15-3-2-4-16(12-15)22-20(26)18(29-21(22)28)11-14-5-7-17(8-6-14)27-10-9-19(24)25/h2-8,11-12H,9-10H2,1H3,(H,24,25)/b18-11+. The highest BCUT2D eigenvalue weighted by Gasteiger charge is 2.33. The van der Waals surface area contributed by atoms with Crippen molar-refractivity contribution in [2.75, 3.05) is 11.5 Å². The number of nitrogens with zero attached hydrogens (tertiary/aromatic N) is 1. The predicted molar refractivity (Wildman–Crippen MR) is 116 cm³/mol. The Labute approximate surface area is 177 Å². The van der Waals surface area contributed by atoms with E-state index in [9.17, 15) is 14.4 Å². The van der Waals surface area contributed by atoms with Crippen LogP contribution in [0.15, 0.2) is 53.4 Å². The molecule has 3 rings (SSSR count). The van der Waals surface area contributed by atoms with Gasteiger partial charge in [0.05, 0.1) is 23.6 Å². The van der Waals surface area contributed by atoms with Crippen LogP contribution in [0.1, 0.15) is 29.3 Å². The zero-order chi connectivity index (χ0) is 21.0. The van der Waals surface area contributed by atoms with Crippen LogP contribution in [0.25, 0.3) is 6.08 Å². The first kappa shape index (κ1) is 20.8. The lowest BCUT2D eigenvalue weighted by Gasteiger charge is -2.15. The summed E-state index contributed by atoms with van der Waals surface area (Å²) in [6, 6.07) is 13.8. The van der Waals surface area contributed by atoms with Gasteiger partial charge in [-0.3, -0.25) is 19.3 Å². The molecule has 1 aliphatic heterocycles. The maximum atomic E-state index is 12.9. The number of thioether (sulfide) groups is 1. The van der Waals surface area contributed by atoms with Crippen molar-refractivity contribution in [3.05, 3.63) is 64.6 Å². The molecule has 0 aliphatic carbocycles. The Morgan fingerprint density at radius 1 is 1.21 bits per heavy atom. The minimum Gasteiger partial charge on any atom is -0.493 e. The molecule has 148 valence electrons. The lowest BCUT2D eigenvalue weighted by atomic mass is 10.1. The van der Waals surface area contributed by atoms with Crippen LogP contribution in [-0.4, -0.2) is 33.7 Å². The summed E-state index contributed by atoms with van der Waals surface area (Å²) in [6.45, 7) is 1.56. The third-order valence-electron chi connectivity index (χ3n) is 4.07. The molecule has 6 nitrogen and oxygen atoms in total. The number of rotatable bonds is 7. The van der Waals surface area contributed by atoms with Crippen LogP contribution in [0.4, 0.5) is 5.69 Å². The molecule has 0 saturated carbocycles. The second kappa shape index (κ2) is 9.02. The normalized spacial score (nSPS) is 15.1. The Morgan fingerprint density at radius 3 is 2.59 bits per heavy atom. The number of hydrogen-bond acceptors (Lipinski definition) is 6. The van der Waals surface area contributed by atoms with E-state index in [2.05, 4.69) is 0 Å². The Balaban J connectivity index is 1.75. The molecule has 1 aliphatic rings. The van der Waals surface area contributed by atoms with Gasteiger partial charge in [-0.2, -0.15) is 0 Å². The average molecular weight is 428 g/mol. The molecule has 0 atom stereocenters. The molecule has 1 fully saturated rings. The van der Waals surface area contributed by atoms with Crippen molar-refractivity contribution in [1.82, 2.24) is 0 Å². The van der Waals surface area contributed by atoms with Gasteiger partial charge in [0.2, 0.25) is 0 Å². The number of Topliss-reactive ketones (excluding diaryl/α,β-unsaturated/α-hetero) is 1. The Morgan fingerprint density at radius 2 is 1.93 bits per heavy atom. The van der Waals surface area contributed by atoms with E-state index in [0.29, 0.717) is 26.2 Å². The van der Waals surface area contributed by atoms with E-state index >= 15 is 0 Å². The molecule has 2 aromatic carbocycles. The molecule has 0 bridgehead atoms. The minimum absolute atomic E-state index is 0.0744. The summed E-state index contributed by atoms with van der Waals surface area (Å²) in [7, 11) is 0. The fraction of sp³-hybridized carbons (Fsp3) is 0.143. The fourth-order valence-electron chi connectivity index (χ4n) is 2.62. The summed E-state index contributed by atoms with van der Waals surface area (Å²) in [4.78, 5) is 36.9. The molecular formula is C21H17NO5S2. The van der Waals surface area contributed by atoms with Crippen molar-refractivity contribution in [2.45, 2.75) is 13.3 Å². The van der Waals surface area contributed by atoms with Crippen molar-refractivity contribution in [3.63, 3.8) is 0 Å². The van der Waals surface area contributed by atoms with E-state index in [-0.39, 0.29) is 24.7 Å². The second-order valence-corrected chi connectivity index (χ2v) is 7.86. The van der Waals surface area contributed by atoms with Crippen LogP contribution in [0.2, 0.25) is 0 Å². The lowest BCUT2D eigenvalue weighted by molar-refractivity contribution is -0.137. The first-order valence-corrected chi connectivity index (χ1v) is 9.91. The van der Waals surface area contributed by atoms with Crippen LogP contribution >= 0.6 is 24.0 Å². The molecular weight excluding hydrogens is 410 g/mol. The van der Waals surface area contributed by atoms with Crippen LogP contribution in [-0.2, 0) is 9.59 Å². The monoisotopic (exact) mass is 427 g/mol. The molecule has 1 amide bonds. The van der Waals surface area contributed by atoms with Crippen molar-refractivity contribution >= 4 is 57.7 Å². The first-order chi connectivity index (χ1) is 13.8. The number of carbonyl (C=O) groups is 3. The van der Waals surface area contributed by atoms with Gasteiger partial charge in [0, 0.05) is 5.56 Å². The summed E-state index contributed by atoms with van der Waals surface area (Å²) in [6.07, 6.45) is 1.66. The molecule has 0 unspecified atom stereocenters. The predicted octanol–water partition coefficient (Wildman–Crippen LogP) is 4.15. The highest BCUT2D eigenvalue weighted by atomic mass is 32.2. The number of carbonyl (C=O) groups excluding carboxylic acids is 2. The van der Waals surface area contributed by atoms with Crippen LogP contribution < -0.4 is 9.64 Å². The first-order valence-electron chi connectivity index (χ1n) is 8.69. The number of carboxylic acids is 1. The summed E-state index contributed by atoms with van der Waals surface area (Å²) in [5.74, 6) is -0.699. The maximum absolute atomic E-state index is 12.9. The number of ether oxygens (including phenoxy) is 1. The van der Waals surface area contributed by atoms with Crippen LogP contribution in [0.5, 0.6) is 5.75 Å². The lowest BCUT2D eigenvalue weighted by Crippen LogP contribution is -2.27. The number of aliphatic carboxylic acids is 1. The quantitative estimate of drug-likeness (QED) is 0.404. The number of benzene rings is 2. The van der Waals surface area contributed by atoms with Crippen molar-refractivity contribution in [3.8, 4) is 5.75 Å². The third kappa shape index (κ3) is 5.10. The highest BCUT2D eigenvalue weighted by Crippen LogP contribution is 2.36.